The zero-order valence-electron chi connectivity index (χ0n) is 14.5. The van der Waals surface area contributed by atoms with E-state index in [4.69, 9.17) is 11.6 Å². The molecule has 2 aromatic carbocycles. The molecule has 26 heavy (non-hydrogen) atoms. The Morgan fingerprint density at radius 1 is 1.19 bits per heavy atom. The van der Waals surface area contributed by atoms with Crippen LogP contribution in [-0.2, 0) is 26.9 Å². The van der Waals surface area contributed by atoms with Crippen LogP contribution in [0.4, 0.5) is 0 Å². The molecule has 0 aliphatic heterocycles. The van der Waals surface area contributed by atoms with Crippen molar-refractivity contribution >= 4 is 34.3 Å². The van der Waals surface area contributed by atoms with E-state index in [9.17, 15) is 18.9 Å². The zero-order valence-corrected chi connectivity index (χ0v) is 16.1. The third kappa shape index (κ3) is 4.51. The first-order valence-electron chi connectivity index (χ1n) is 7.99. The smallest absolute Gasteiger partial charge is 0.334 e. The molecule has 0 aliphatic carbocycles. The number of amides is 1. The molecule has 0 saturated carbocycles. The van der Waals surface area contributed by atoms with Crippen molar-refractivity contribution in [2.45, 2.75) is 24.6 Å². The second-order valence-corrected chi connectivity index (χ2v) is 7.81. The van der Waals surface area contributed by atoms with E-state index < -0.39 is 28.2 Å². The summed E-state index contributed by atoms with van der Waals surface area (Å²) in [5.41, 5.74) is -0.0508. The molecule has 2 aromatic rings. The van der Waals surface area contributed by atoms with E-state index in [-0.39, 0.29) is 6.42 Å². The van der Waals surface area contributed by atoms with Gasteiger partial charge in [-0.1, -0.05) is 42.8 Å². The first-order chi connectivity index (χ1) is 12.3. The number of carbonyl (C=O) groups excluding carboxylic acids is 1. The van der Waals surface area contributed by atoms with Crippen molar-refractivity contribution in [3.8, 4) is 0 Å². The number of hydrogen-bond acceptors (Lipinski definition) is 3. The number of carboxylic acid groups (broad SMARTS) is 1. The van der Waals surface area contributed by atoms with Crippen molar-refractivity contribution in [1.29, 1.82) is 0 Å². The third-order valence-corrected chi connectivity index (χ3v) is 5.11. The van der Waals surface area contributed by atoms with Crippen molar-refractivity contribution in [3.63, 3.8) is 0 Å². The van der Waals surface area contributed by atoms with Gasteiger partial charge in [0.05, 0.1) is 0 Å². The van der Waals surface area contributed by atoms with Crippen LogP contribution in [0.25, 0.3) is 0 Å². The second-order valence-electron chi connectivity index (χ2n) is 5.94. The van der Waals surface area contributed by atoms with Crippen LogP contribution in [0.15, 0.2) is 48.5 Å². The second kappa shape index (κ2) is 8.47. The number of rotatable bonds is 7. The van der Waals surface area contributed by atoms with Crippen LogP contribution in [0, 0.1) is 0 Å². The molecule has 0 aromatic heterocycles. The molecule has 2 rings (SSSR count). The van der Waals surface area contributed by atoms with E-state index in [1.165, 1.54) is 0 Å². The summed E-state index contributed by atoms with van der Waals surface area (Å²) < 4.78 is 11.4. The minimum absolute atomic E-state index is 0.161. The van der Waals surface area contributed by atoms with Crippen LogP contribution in [-0.4, -0.2) is 27.4 Å². The van der Waals surface area contributed by atoms with Gasteiger partial charge in [0.1, 0.15) is 0 Å². The number of benzene rings is 2. The Hall–Kier alpha value is -2.18. The zero-order chi connectivity index (χ0) is 19.3. The Morgan fingerprint density at radius 2 is 1.85 bits per heavy atom. The average molecular weight is 394 g/mol. The minimum atomic E-state index is -1.56. The predicted molar refractivity (Wildman–Crippen MR) is 103 cm³/mol. The Balaban J connectivity index is 2.37. The van der Waals surface area contributed by atoms with Gasteiger partial charge in [0.2, 0.25) is 0 Å². The molecular weight excluding hydrogens is 374 g/mol. The first-order valence-corrected chi connectivity index (χ1v) is 10.1. The molecule has 0 spiro atoms. The summed E-state index contributed by atoms with van der Waals surface area (Å²) in [5, 5.41) is 13.0. The van der Waals surface area contributed by atoms with Gasteiger partial charge in [-0.05, 0) is 41.8 Å². The molecule has 0 radical (unpaired) electrons. The molecule has 0 aliphatic rings. The lowest BCUT2D eigenvalue weighted by atomic mass is 9.86. The van der Waals surface area contributed by atoms with E-state index in [1.807, 2.05) is 0 Å². The summed E-state index contributed by atoms with van der Waals surface area (Å²) >= 11 is 5.89. The van der Waals surface area contributed by atoms with Crippen molar-refractivity contribution in [1.82, 2.24) is 5.32 Å². The van der Waals surface area contributed by atoms with Crippen LogP contribution in [0.5, 0.6) is 0 Å². The quantitative estimate of drug-likeness (QED) is 0.755. The maximum absolute atomic E-state index is 12.7. The van der Waals surface area contributed by atoms with Crippen molar-refractivity contribution in [2.24, 2.45) is 0 Å². The largest absolute Gasteiger partial charge is 0.479 e. The van der Waals surface area contributed by atoms with Crippen LogP contribution >= 0.6 is 11.6 Å². The summed E-state index contributed by atoms with van der Waals surface area (Å²) in [4.78, 5) is 24.8. The highest BCUT2D eigenvalue weighted by Gasteiger charge is 2.40. The number of hydrogen-bond donors (Lipinski definition) is 2. The fourth-order valence-electron chi connectivity index (χ4n) is 2.73. The van der Waals surface area contributed by atoms with Gasteiger partial charge in [-0.25, -0.2) is 4.79 Å². The van der Waals surface area contributed by atoms with E-state index in [0.717, 1.165) is 5.56 Å². The van der Waals surface area contributed by atoms with Crippen molar-refractivity contribution in [2.75, 3.05) is 6.26 Å². The maximum atomic E-state index is 12.7. The molecule has 2 atom stereocenters. The van der Waals surface area contributed by atoms with Gasteiger partial charge < -0.3 is 10.4 Å². The molecule has 0 saturated heterocycles. The number of halogens is 1. The fraction of sp³-hybridized carbons (Fsp3) is 0.263. The average Bonchev–Trinajstić information content (AvgIpc) is 2.59. The SMILES string of the molecule is CCC(NC(=O)c1cccc(CS(C)=O)c1)(C(=O)O)c1ccc(Cl)cc1. The molecule has 0 heterocycles. The summed E-state index contributed by atoms with van der Waals surface area (Å²) in [5.74, 6) is -1.33. The Labute approximate surface area is 159 Å². The summed E-state index contributed by atoms with van der Waals surface area (Å²) in [6.07, 6.45) is 1.74. The Kier molecular flexibility index (Phi) is 6.56. The van der Waals surface area contributed by atoms with Crippen LogP contribution in [0.1, 0.15) is 34.8 Å². The van der Waals surface area contributed by atoms with Gasteiger partial charge in [0.15, 0.2) is 5.54 Å². The number of aliphatic carboxylic acids is 1. The normalized spacial score (nSPS) is 14.3. The van der Waals surface area contributed by atoms with E-state index in [0.29, 0.717) is 21.9 Å². The van der Waals surface area contributed by atoms with Gasteiger partial charge in [-0.3, -0.25) is 9.00 Å². The lowest BCUT2D eigenvalue weighted by Gasteiger charge is -2.30. The maximum Gasteiger partial charge on any atom is 0.334 e. The molecule has 1 amide bonds. The molecule has 0 bridgehead atoms. The molecular formula is C19H20ClNO4S. The topological polar surface area (TPSA) is 83.5 Å². The van der Waals surface area contributed by atoms with Crippen LogP contribution in [0.2, 0.25) is 5.02 Å². The Morgan fingerprint density at radius 3 is 2.38 bits per heavy atom. The lowest BCUT2D eigenvalue weighted by Crippen LogP contribution is -2.51. The van der Waals surface area contributed by atoms with E-state index in [2.05, 4.69) is 5.32 Å². The van der Waals surface area contributed by atoms with Crippen LogP contribution < -0.4 is 5.32 Å². The Bertz CT molecular complexity index is 838. The number of carbonyl (C=O) groups is 2. The highest BCUT2D eigenvalue weighted by molar-refractivity contribution is 7.83. The molecule has 2 unspecified atom stereocenters. The summed E-state index contributed by atoms with van der Waals surface area (Å²) in [7, 11) is -1.04. The lowest BCUT2D eigenvalue weighted by molar-refractivity contribution is -0.145. The van der Waals surface area contributed by atoms with Crippen LogP contribution in [0.3, 0.4) is 0 Å². The van der Waals surface area contributed by atoms with Gasteiger partial charge in [0.25, 0.3) is 5.91 Å². The molecule has 138 valence electrons. The van der Waals surface area contributed by atoms with E-state index >= 15 is 0 Å². The number of carboxylic acids is 1. The van der Waals surface area contributed by atoms with Crippen molar-refractivity contribution in [3.05, 3.63) is 70.2 Å². The molecule has 5 nitrogen and oxygen atoms in total. The van der Waals surface area contributed by atoms with Crippen molar-refractivity contribution < 1.29 is 18.9 Å². The summed E-state index contributed by atoms with van der Waals surface area (Å²) in [6, 6.07) is 13.1. The summed E-state index contributed by atoms with van der Waals surface area (Å²) in [6.45, 7) is 1.69. The molecule has 0 fully saturated rings. The monoisotopic (exact) mass is 393 g/mol. The highest BCUT2D eigenvalue weighted by atomic mass is 35.5. The fourth-order valence-corrected chi connectivity index (χ4v) is 3.51. The predicted octanol–water partition coefficient (Wildman–Crippen LogP) is 3.34. The minimum Gasteiger partial charge on any atom is -0.479 e. The van der Waals surface area contributed by atoms with Gasteiger partial charge in [0, 0.05) is 33.4 Å². The van der Waals surface area contributed by atoms with E-state index in [1.54, 1.807) is 61.7 Å². The molecule has 2 N–H and O–H groups in total. The number of nitrogens with one attached hydrogen (secondary N) is 1. The molecule has 7 heteroatoms. The van der Waals surface area contributed by atoms with Gasteiger partial charge >= 0.3 is 5.97 Å². The first kappa shape index (κ1) is 20.1. The van der Waals surface area contributed by atoms with Gasteiger partial charge in [-0.15, -0.1) is 0 Å². The third-order valence-electron chi connectivity index (χ3n) is 4.12. The van der Waals surface area contributed by atoms with Gasteiger partial charge in [-0.2, -0.15) is 0 Å². The standard InChI is InChI=1S/C19H20ClNO4S/c1-3-19(18(23)24,15-7-9-16(20)10-8-15)21-17(22)14-6-4-5-13(11-14)12-26(2)25/h4-11H,3,12H2,1-2H3,(H,21,22)(H,23,24). The highest BCUT2D eigenvalue weighted by Crippen LogP contribution is 2.27.